The van der Waals surface area contributed by atoms with Crippen LogP contribution in [0, 0.1) is 5.92 Å². The van der Waals surface area contributed by atoms with Crippen LogP contribution in [0.25, 0.3) is 0 Å². The Bertz CT molecular complexity index is 618. The van der Waals surface area contributed by atoms with Crippen molar-refractivity contribution in [1.29, 1.82) is 0 Å². The van der Waals surface area contributed by atoms with Crippen molar-refractivity contribution in [3.63, 3.8) is 0 Å². The van der Waals surface area contributed by atoms with Crippen LogP contribution in [0.3, 0.4) is 0 Å². The maximum absolute atomic E-state index is 12.7. The standard InChI is InChI=1S/C18H27N3O4.ClH/c1-12(11-19)17(22)20-14-6-8-21(9-7-14)18(23)13-4-5-15(24-2)16(10-13)25-3;/h4-5,10,12,14H,6-9,11,19H2,1-3H3,(H,20,22);1H. The van der Waals surface area contributed by atoms with Gasteiger partial charge in [-0.15, -0.1) is 12.4 Å². The van der Waals surface area contributed by atoms with Crippen molar-refractivity contribution in [3.8, 4) is 11.5 Å². The molecule has 26 heavy (non-hydrogen) atoms. The lowest BCUT2D eigenvalue weighted by molar-refractivity contribution is -0.125. The summed E-state index contributed by atoms with van der Waals surface area (Å²) in [6, 6.07) is 5.25. The molecule has 2 rings (SSSR count). The van der Waals surface area contributed by atoms with E-state index in [1.54, 1.807) is 37.3 Å². The molecule has 1 heterocycles. The van der Waals surface area contributed by atoms with Crippen molar-refractivity contribution in [3.05, 3.63) is 23.8 Å². The number of rotatable bonds is 6. The number of ether oxygens (including phenoxy) is 2. The second-order valence-electron chi connectivity index (χ2n) is 6.28. The minimum Gasteiger partial charge on any atom is -0.493 e. The highest BCUT2D eigenvalue weighted by molar-refractivity contribution is 5.95. The fourth-order valence-electron chi connectivity index (χ4n) is 2.83. The lowest BCUT2D eigenvalue weighted by Crippen LogP contribution is -2.48. The second-order valence-corrected chi connectivity index (χ2v) is 6.28. The van der Waals surface area contributed by atoms with E-state index in [0.29, 0.717) is 36.7 Å². The van der Waals surface area contributed by atoms with Crippen LogP contribution >= 0.6 is 12.4 Å². The third-order valence-corrected chi connectivity index (χ3v) is 4.56. The van der Waals surface area contributed by atoms with Gasteiger partial charge in [0.05, 0.1) is 14.2 Å². The summed E-state index contributed by atoms with van der Waals surface area (Å²) in [7, 11) is 3.10. The Balaban J connectivity index is 0.00000338. The molecule has 0 spiro atoms. The highest BCUT2D eigenvalue weighted by atomic mass is 35.5. The van der Waals surface area contributed by atoms with Crippen LogP contribution < -0.4 is 20.5 Å². The van der Waals surface area contributed by atoms with Crippen molar-refractivity contribution < 1.29 is 19.1 Å². The highest BCUT2D eigenvalue weighted by Gasteiger charge is 2.26. The van der Waals surface area contributed by atoms with Crippen molar-refractivity contribution in [2.24, 2.45) is 11.7 Å². The molecule has 1 aromatic rings. The maximum Gasteiger partial charge on any atom is 0.253 e. The predicted octanol–water partition coefficient (Wildman–Crippen LogP) is 1.44. The summed E-state index contributed by atoms with van der Waals surface area (Å²) in [6.45, 7) is 3.36. The molecule has 1 aromatic carbocycles. The fourth-order valence-corrected chi connectivity index (χ4v) is 2.83. The van der Waals surface area contributed by atoms with Gasteiger partial charge in [0.1, 0.15) is 0 Å². The number of carbonyl (C=O) groups excluding carboxylic acids is 2. The molecular formula is C18H28ClN3O4. The molecular weight excluding hydrogens is 358 g/mol. The molecule has 0 saturated carbocycles. The Morgan fingerprint density at radius 1 is 1.23 bits per heavy atom. The molecule has 0 aromatic heterocycles. The average Bonchev–Trinajstić information content (AvgIpc) is 2.66. The number of nitrogens with zero attached hydrogens (tertiary/aromatic N) is 1. The van der Waals surface area contributed by atoms with Crippen molar-refractivity contribution in [1.82, 2.24) is 10.2 Å². The molecule has 8 heteroatoms. The van der Waals surface area contributed by atoms with E-state index < -0.39 is 0 Å². The number of nitrogens with one attached hydrogen (secondary N) is 1. The molecule has 2 amide bonds. The number of benzene rings is 1. The van der Waals surface area contributed by atoms with Crippen molar-refractivity contribution >= 4 is 24.2 Å². The molecule has 0 bridgehead atoms. The Labute approximate surface area is 160 Å². The van der Waals surface area contributed by atoms with E-state index in [1.807, 2.05) is 6.92 Å². The van der Waals surface area contributed by atoms with Gasteiger partial charge in [0.2, 0.25) is 5.91 Å². The zero-order valence-corrected chi connectivity index (χ0v) is 16.3. The highest BCUT2D eigenvalue weighted by Crippen LogP contribution is 2.28. The van der Waals surface area contributed by atoms with Crippen molar-refractivity contribution in [2.45, 2.75) is 25.8 Å². The summed E-state index contributed by atoms with van der Waals surface area (Å²) < 4.78 is 10.5. The summed E-state index contributed by atoms with van der Waals surface area (Å²) in [6.07, 6.45) is 1.48. The van der Waals surface area contributed by atoms with Crippen LogP contribution in [0.15, 0.2) is 18.2 Å². The SMILES string of the molecule is COc1ccc(C(=O)N2CCC(NC(=O)C(C)CN)CC2)cc1OC.Cl. The van der Waals surface area contributed by atoms with E-state index in [9.17, 15) is 9.59 Å². The van der Waals surface area contributed by atoms with Crippen LogP contribution in [0.4, 0.5) is 0 Å². The first-order valence-electron chi connectivity index (χ1n) is 8.51. The van der Waals surface area contributed by atoms with Gasteiger partial charge in [-0.25, -0.2) is 0 Å². The van der Waals surface area contributed by atoms with Crippen LogP contribution in [-0.4, -0.2) is 56.6 Å². The lowest BCUT2D eigenvalue weighted by atomic mass is 10.0. The molecule has 1 fully saturated rings. The predicted molar refractivity (Wildman–Crippen MR) is 102 cm³/mol. The zero-order valence-electron chi connectivity index (χ0n) is 15.5. The molecule has 1 aliphatic rings. The van der Waals surface area contributed by atoms with Crippen LogP contribution in [-0.2, 0) is 4.79 Å². The van der Waals surface area contributed by atoms with Crippen LogP contribution in [0.5, 0.6) is 11.5 Å². The van der Waals surface area contributed by atoms with E-state index in [4.69, 9.17) is 15.2 Å². The van der Waals surface area contributed by atoms with Gasteiger partial charge in [-0.3, -0.25) is 9.59 Å². The molecule has 7 nitrogen and oxygen atoms in total. The lowest BCUT2D eigenvalue weighted by Gasteiger charge is -2.33. The Morgan fingerprint density at radius 2 is 1.85 bits per heavy atom. The molecule has 1 saturated heterocycles. The summed E-state index contributed by atoms with van der Waals surface area (Å²) >= 11 is 0. The Morgan fingerprint density at radius 3 is 2.38 bits per heavy atom. The first-order chi connectivity index (χ1) is 12.0. The van der Waals surface area contributed by atoms with Crippen LogP contribution in [0.1, 0.15) is 30.1 Å². The molecule has 0 aliphatic carbocycles. The van der Waals surface area contributed by atoms with Gasteiger partial charge in [0.25, 0.3) is 5.91 Å². The summed E-state index contributed by atoms with van der Waals surface area (Å²) in [5.74, 6) is 0.875. The number of methoxy groups -OCH3 is 2. The topological polar surface area (TPSA) is 93.9 Å². The summed E-state index contributed by atoms with van der Waals surface area (Å²) in [5, 5.41) is 3.01. The summed E-state index contributed by atoms with van der Waals surface area (Å²) in [5.41, 5.74) is 6.08. The molecule has 1 atom stereocenters. The largest absolute Gasteiger partial charge is 0.493 e. The second kappa shape index (κ2) is 10.2. The minimum absolute atomic E-state index is 0. The number of nitrogens with two attached hydrogens (primary N) is 1. The van der Waals surface area contributed by atoms with Crippen LogP contribution in [0.2, 0.25) is 0 Å². The summed E-state index contributed by atoms with van der Waals surface area (Å²) in [4.78, 5) is 26.4. The first-order valence-corrected chi connectivity index (χ1v) is 8.51. The van der Waals surface area contributed by atoms with E-state index in [0.717, 1.165) is 12.8 Å². The molecule has 146 valence electrons. The number of hydrogen-bond acceptors (Lipinski definition) is 5. The van der Waals surface area contributed by atoms with E-state index >= 15 is 0 Å². The molecule has 0 radical (unpaired) electrons. The van der Waals surface area contributed by atoms with Gasteiger partial charge in [0, 0.05) is 37.2 Å². The third kappa shape index (κ3) is 5.25. The maximum atomic E-state index is 12.7. The third-order valence-electron chi connectivity index (χ3n) is 4.56. The number of carbonyl (C=O) groups is 2. The Kier molecular flexibility index (Phi) is 8.68. The first kappa shape index (κ1) is 22.1. The van der Waals surface area contributed by atoms with Gasteiger partial charge in [-0.1, -0.05) is 6.92 Å². The molecule has 1 unspecified atom stereocenters. The normalized spacial score (nSPS) is 15.6. The van der Waals surface area contributed by atoms with Gasteiger partial charge in [-0.2, -0.15) is 0 Å². The minimum atomic E-state index is -0.188. The number of hydrogen-bond donors (Lipinski definition) is 2. The fraction of sp³-hybridized carbons (Fsp3) is 0.556. The average molecular weight is 386 g/mol. The number of piperidine rings is 1. The zero-order chi connectivity index (χ0) is 18.4. The molecule has 3 N–H and O–H groups in total. The Hall–Kier alpha value is -1.99. The smallest absolute Gasteiger partial charge is 0.253 e. The monoisotopic (exact) mass is 385 g/mol. The number of likely N-dealkylation sites (tertiary alicyclic amines) is 1. The van der Waals surface area contributed by atoms with Gasteiger partial charge >= 0.3 is 0 Å². The quantitative estimate of drug-likeness (QED) is 0.772. The van der Waals surface area contributed by atoms with Crippen molar-refractivity contribution in [2.75, 3.05) is 33.9 Å². The van der Waals surface area contributed by atoms with Gasteiger partial charge in [-0.05, 0) is 31.0 Å². The van der Waals surface area contributed by atoms with E-state index in [1.165, 1.54) is 0 Å². The molecule has 1 aliphatic heterocycles. The number of amides is 2. The van der Waals surface area contributed by atoms with Gasteiger partial charge < -0.3 is 25.4 Å². The number of halogens is 1. The van der Waals surface area contributed by atoms with E-state index in [2.05, 4.69) is 5.32 Å². The van der Waals surface area contributed by atoms with Gasteiger partial charge in [0.15, 0.2) is 11.5 Å². The van der Waals surface area contributed by atoms with E-state index in [-0.39, 0.29) is 36.2 Å².